The molecule has 6 heteroatoms. The Labute approximate surface area is 171 Å². The molecule has 29 heavy (non-hydrogen) atoms. The Morgan fingerprint density at radius 1 is 1.00 bits per heavy atom. The third-order valence-electron chi connectivity index (χ3n) is 5.52. The van der Waals surface area contributed by atoms with Crippen molar-refractivity contribution in [2.75, 3.05) is 18.4 Å². The van der Waals surface area contributed by atoms with Crippen LogP contribution < -0.4 is 5.32 Å². The second-order valence-electron chi connectivity index (χ2n) is 7.52. The molecular formula is C23H24N2O3S. The van der Waals surface area contributed by atoms with Crippen LogP contribution >= 0.6 is 0 Å². The molecule has 3 aromatic carbocycles. The van der Waals surface area contributed by atoms with E-state index in [1.54, 1.807) is 12.1 Å². The number of fused-ring (bicyclic) bond motifs is 1. The van der Waals surface area contributed by atoms with E-state index in [0.29, 0.717) is 19.4 Å². The number of anilines is 1. The standard InChI is InChI=1S/C23H24N2O3S/c1-17-7-2-5-11-22(17)24-23(26)20-10-6-14-25(16-20)29(27,28)21-13-12-18-8-3-4-9-19(18)15-21/h2-5,7-9,11-13,15,20H,6,10,14,16H2,1H3,(H,24,26)/t20-/m0/s1. The van der Waals surface area contributed by atoms with Gasteiger partial charge in [0, 0.05) is 18.8 Å². The highest BCUT2D eigenvalue weighted by Gasteiger charge is 2.33. The highest BCUT2D eigenvalue weighted by Crippen LogP contribution is 2.27. The van der Waals surface area contributed by atoms with Crippen LogP contribution in [0.2, 0.25) is 0 Å². The van der Waals surface area contributed by atoms with E-state index in [9.17, 15) is 13.2 Å². The Morgan fingerprint density at radius 2 is 1.72 bits per heavy atom. The van der Waals surface area contributed by atoms with E-state index in [1.165, 1.54) is 4.31 Å². The lowest BCUT2D eigenvalue weighted by Gasteiger charge is -2.31. The molecule has 1 atom stereocenters. The van der Waals surface area contributed by atoms with E-state index in [1.807, 2.05) is 61.5 Å². The number of rotatable bonds is 4. The summed E-state index contributed by atoms with van der Waals surface area (Å²) in [6.45, 7) is 2.57. The van der Waals surface area contributed by atoms with Crippen LogP contribution in [0.25, 0.3) is 10.8 Å². The fourth-order valence-corrected chi connectivity index (χ4v) is 5.36. The number of hydrogen-bond donors (Lipinski definition) is 1. The van der Waals surface area contributed by atoms with Crippen molar-refractivity contribution in [3.8, 4) is 0 Å². The molecule has 0 aliphatic carbocycles. The van der Waals surface area contributed by atoms with Gasteiger partial charge in [0.25, 0.3) is 0 Å². The van der Waals surface area contributed by atoms with Gasteiger partial charge in [0.05, 0.1) is 10.8 Å². The van der Waals surface area contributed by atoms with Crippen LogP contribution in [0.3, 0.4) is 0 Å². The van der Waals surface area contributed by atoms with E-state index >= 15 is 0 Å². The molecule has 1 aliphatic rings. The summed E-state index contributed by atoms with van der Waals surface area (Å²) in [7, 11) is -3.65. The zero-order valence-corrected chi connectivity index (χ0v) is 17.2. The lowest BCUT2D eigenvalue weighted by molar-refractivity contribution is -0.120. The average Bonchev–Trinajstić information content (AvgIpc) is 2.75. The first-order chi connectivity index (χ1) is 13.9. The topological polar surface area (TPSA) is 66.5 Å². The third-order valence-corrected chi connectivity index (χ3v) is 7.38. The SMILES string of the molecule is Cc1ccccc1NC(=O)[C@H]1CCCN(S(=O)(=O)c2ccc3ccccc3c2)C1. The largest absolute Gasteiger partial charge is 0.326 e. The van der Waals surface area contributed by atoms with Gasteiger partial charge in [-0.15, -0.1) is 0 Å². The van der Waals surface area contributed by atoms with Gasteiger partial charge >= 0.3 is 0 Å². The molecule has 1 saturated heterocycles. The van der Waals surface area contributed by atoms with Gasteiger partial charge in [0.1, 0.15) is 0 Å². The van der Waals surface area contributed by atoms with Gasteiger partial charge < -0.3 is 5.32 Å². The second kappa shape index (κ2) is 7.97. The Kier molecular flexibility index (Phi) is 5.39. The molecule has 1 aliphatic heterocycles. The fourth-order valence-electron chi connectivity index (χ4n) is 3.80. The number of para-hydroxylation sites is 1. The number of nitrogens with zero attached hydrogens (tertiary/aromatic N) is 1. The summed E-state index contributed by atoms with van der Waals surface area (Å²) >= 11 is 0. The number of amides is 1. The molecule has 1 amide bonds. The Hall–Kier alpha value is -2.70. The van der Waals surface area contributed by atoms with Crippen molar-refractivity contribution >= 4 is 32.4 Å². The van der Waals surface area contributed by atoms with Crippen LogP contribution in [0, 0.1) is 12.8 Å². The summed E-state index contributed by atoms with van der Waals surface area (Å²) in [5, 5.41) is 4.84. The second-order valence-corrected chi connectivity index (χ2v) is 9.45. The zero-order chi connectivity index (χ0) is 20.4. The summed E-state index contributed by atoms with van der Waals surface area (Å²) in [5.41, 5.74) is 1.75. The minimum Gasteiger partial charge on any atom is -0.326 e. The number of carbonyl (C=O) groups excluding carboxylic acids is 1. The third kappa shape index (κ3) is 4.04. The van der Waals surface area contributed by atoms with E-state index in [0.717, 1.165) is 22.0 Å². The molecule has 0 radical (unpaired) electrons. The Balaban J connectivity index is 1.53. The van der Waals surface area contributed by atoms with Gasteiger partial charge in [-0.3, -0.25) is 4.79 Å². The number of hydrogen-bond acceptors (Lipinski definition) is 3. The van der Waals surface area contributed by atoms with Crippen LogP contribution in [0.5, 0.6) is 0 Å². The first kappa shape index (κ1) is 19.6. The lowest BCUT2D eigenvalue weighted by Crippen LogP contribution is -2.43. The molecular weight excluding hydrogens is 384 g/mol. The van der Waals surface area contributed by atoms with Gasteiger partial charge in [0.2, 0.25) is 15.9 Å². The zero-order valence-electron chi connectivity index (χ0n) is 16.3. The first-order valence-corrected chi connectivity index (χ1v) is 11.2. The number of carbonyl (C=O) groups is 1. The van der Waals surface area contributed by atoms with Crippen molar-refractivity contribution < 1.29 is 13.2 Å². The normalized spacial score (nSPS) is 17.9. The number of piperidine rings is 1. The summed E-state index contributed by atoms with van der Waals surface area (Å²) in [5.74, 6) is -0.490. The maximum atomic E-state index is 13.2. The van der Waals surface area contributed by atoms with Gasteiger partial charge in [-0.05, 0) is 54.3 Å². The molecule has 1 N–H and O–H groups in total. The molecule has 150 valence electrons. The predicted octanol–water partition coefficient (Wildman–Crippen LogP) is 4.19. The minimum absolute atomic E-state index is 0.127. The highest BCUT2D eigenvalue weighted by atomic mass is 32.2. The smallest absolute Gasteiger partial charge is 0.243 e. The van der Waals surface area contributed by atoms with Crippen LogP contribution in [0.1, 0.15) is 18.4 Å². The summed E-state index contributed by atoms with van der Waals surface area (Å²) in [6.07, 6.45) is 1.35. The number of nitrogens with one attached hydrogen (secondary N) is 1. The van der Waals surface area contributed by atoms with E-state index in [-0.39, 0.29) is 23.3 Å². The van der Waals surface area contributed by atoms with Crippen molar-refractivity contribution in [3.05, 3.63) is 72.3 Å². The quantitative estimate of drug-likeness (QED) is 0.704. The van der Waals surface area contributed by atoms with Gasteiger partial charge in [0.15, 0.2) is 0 Å². The molecule has 0 bridgehead atoms. The van der Waals surface area contributed by atoms with Crippen molar-refractivity contribution in [2.24, 2.45) is 5.92 Å². The van der Waals surface area contributed by atoms with Crippen LogP contribution in [0.15, 0.2) is 71.6 Å². The summed E-state index contributed by atoms with van der Waals surface area (Å²) in [4.78, 5) is 13.0. The average molecular weight is 409 g/mol. The monoisotopic (exact) mass is 408 g/mol. The van der Waals surface area contributed by atoms with E-state index < -0.39 is 10.0 Å². The molecule has 0 unspecified atom stereocenters. The molecule has 0 saturated carbocycles. The molecule has 4 rings (SSSR count). The van der Waals surface area contributed by atoms with Crippen molar-refractivity contribution in [2.45, 2.75) is 24.7 Å². The summed E-state index contributed by atoms with van der Waals surface area (Å²) < 4.78 is 27.9. The van der Waals surface area contributed by atoms with Crippen molar-refractivity contribution in [3.63, 3.8) is 0 Å². The van der Waals surface area contributed by atoms with E-state index in [2.05, 4.69) is 5.32 Å². The van der Waals surface area contributed by atoms with Crippen molar-refractivity contribution in [1.29, 1.82) is 0 Å². The van der Waals surface area contributed by atoms with Crippen LogP contribution in [-0.2, 0) is 14.8 Å². The predicted molar refractivity (Wildman–Crippen MR) is 115 cm³/mol. The number of benzene rings is 3. The number of sulfonamides is 1. The molecule has 1 fully saturated rings. The van der Waals surface area contributed by atoms with Gasteiger partial charge in [-0.25, -0.2) is 8.42 Å². The maximum Gasteiger partial charge on any atom is 0.243 e. The molecule has 0 aromatic heterocycles. The highest BCUT2D eigenvalue weighted by molar-refractivity contribution is 7.89. The number of aryl methyl sites for hydroxylation is 1. The molecule has 5 nitrogen and oxygen atoms in total. The summed E-state index contributed by atoms with van der Waals surface area (Å²) in [6, 6.07) is 20.5. The fraction of sp³-hybridized carbons (Fsp3) is 0.261. The Bertz CT molecular complexity index is 1160. The maximum absolute atomic E-state index is 13.2. The van der Waals surface area contributed by atoms with Crippen LogP contribution in [-0.4, -0.2) is 31.7 Å². The van der Waals surface area contributed by atoms with Crippen molar-refractivity contribution in [1.82, 2.24) is 4.31 Å². The minimum atomic E-state index is -3.65. The molecule has 3 aromatic rings. The van der Waals surface area contributed by atoms with Crippen LogP contribution in [0.4, 0.5) is 5.69 Å². The first-order valence-electron chi connectivity index (χ1n) is 9.80. The molecule has 1 heterocycles. The molecule has 0 spiro atoms. The van der Waals surface area contributed by atoms with Gasteiger partial charge in [-0.1, -0.05) is 48.5 Å². The Morgan fingerprint density at radius 3 is 2.52 bits per heavy atom. The van der Waals surface area contributed by atoms with Gasteiger partial charge in [-0.2, -0.15) is 4.31 Å². The lowest BCUT2D eigenvalue weighted by atomic mass is 9.98. The van der Waals surface area contributed by atoms with E-state index in [4.69, 9.17) is 0 Å².